The Hall–Kier alpha value is -1.49. The molecular formula is C17H21BrN2O2. The highest BCUT2D eigenvalue weighted by Crippen LogP contribution is 2.30. The van der Waals surface area contributed by atoms with Crippen LogP contribution in [0.15, 0.2) is 22.7 Å². The van der Waals surface area contributed by atoms with Crippen molar-refractivity contribution in [1.29, 1.82) is 0 Å². The number of rotatable bonds is 1. The van der Waals surface area contributed by atoms with E-state index in [-0.39, 0.29) is 12.1 Å². The Morgan fingerprint density at radius 3 is 2.91 bits per heavy atom. The second kappa shape index (κ2) is 5.61. The lowest BCUT2D eigenvalue weighted by Crippen LogP contribution is -2.41. The molecule has 1 atom stereocenters. The van der Waals surface area contributed by atoms with Gasteiger partial charge in [-0.1, -0.05) is 22.0 Å². The van der Waals surface area contributed by atoms with Gasteiger partial charge in [0.1, 0.15) is 5.60 Å². The summed E-state index contributed by atoms with van der Waals surface area (Å²) in [4.78, 5) is 15.4. The van der Waals surface area contributed by atoms with Gasteiger partial charge in [-0.05, 0) is 57.7 Å². The lowest BCUT2D eigenvalue weighted by Gasteiger charge is -2.26. The number of H-pyrrole nitrogens is 1. The number of alkyl carbamates (subject to hydrolysis) is 1. The first-order valence-electron chi connectivity index (χ1n) is 7.60. The lowest BCUT2D eigenvalue weighted by molar-refractivity contribution is 0.0500. The summed E-state index contributed by atoms with van der Waals surface area (Å²) in [6.07, 6.45) is 2.39. The minimum absolute atomic E-state index is 0.130. The van der Waals surface area contributed by atoms with E-state index in [2.05, 4.69) is 44.4 Å². The first-order chi connectivity index (χ1) is 10.3. The first-order valence-corrected chi connectivity index (χ1v) is 8.39. The molecule has 1 unspecified atom stereocenters. The van der Waals surface area contributed by atoms with Crippen LogP contribution in [0.2, 0.25) is 0 Å². The van der Waals surface area contributed by atoms with Gasteiger partial charge in [0.2, 0.25) is 0 Å². The molecule has 2 N–H and O–H groups in total. The Balaban J connectivity index is 1.76. The predicted molar refractivity (Wildman–Crippen MR) is 91.2 cm³/mol. The smallest absolute Gasteiger partial charge is 0.407 e. The lowest BCUT2D eigenvalue weighted by atomic mass is 9.91. The van der Waals surface area contributed by atoms with Gasteiger partial charge in [0.25, 0.3) is 0 Å². The van der Waals surface area contributed by atoms with Crippen molar-refractivity contribution in [2.24, 2.45) is 0 Å². The molecule has 0 saturated heterocycles. The first kappa shape index (κ1) is 15.4. The summed E-state index contributed by atoms with van der Waals surface area (Å²) < 4.78 is 6.42. The Kier molecular flexibility index (Phi) is 3.93. The molecule has 2 aromatic rings. The molecule has 22 heavy (non-hydrogen) atoms. The number of benzene rings is 1. The fraction of sp³-hybridized carbons (Fsp3) is 0.471. The van der Waals surface area contributed by atoms with Crippen molar-refractivity contribution in [2.45, 2.75) is 51.7 Å². The second-order valence-corrected chi connectivity index (χ2v) is 7.77. The average Bonchev–Trinajstić information content (AvgIpc) is 2.73. The van der Waals surface area contributed by atoms with Gasteiger partial charge in [-0.2, -0.15) is 0 Å². The molecule has 1 aliphatic rings. The number of carbonyl (C=O) groups excluding carboxylic acids is 1. The van der Waals surface area contributed by atoms with Gasteiger partial charge in [-0.15, -0.1) is 0 Å². The molecular weight excluding hydrogens is 344 g/mol. The minimum Gasteiger partial charge on any atom is -0.444 e. The van der Waals surface area contributed by atoms with Gasteiger partial charge >= 0.3 is 6.09 Å². The Morgan fingerprint density at radius 1 is 1.41 bits per heavy atom. The van der Waals surface area contributed by atoms with Crippen LogP contribution in [-0.4, -0.2) is 22.7 Å². The number of aryl methyl sites for hydroxylation is 1. The summed E-state index contributed by atoms with van der Waals surface area (Å²) in [5.74, 6) is 0. The topological polar surface area (TPSA) is 54.1 Å². The van der Waals surface area contributed by atoms with Crippen LogP contribution in [0, 0.1) is 0 Å². The van der Waals surface area contributed by atoms with Gasteiger partial charge in [0.05, 0.1) is 0 Å². The molecule has 0 bridgehead atoms. The van der Waals surface area contributed by atoms with Crippen molar-refractivity contribution >= 4 is 32.9 Å². The van der Waals surface area contributed by atoms with Gasteiger partial charge in [0, 0.05) is 27.1 Å². The molecule has 0 aliphatic heterocycles. The zero-order valence-electron chi connectivity index (χ0n) is 13.1. The van der Waals surface area contributed by atoms with E-state index in [0.717, 1.165) is 29.3 Å². The maximum absolute atomic E-state index is 11.9. The molecule has 0 fully saturated rings. The SMILES string of the molecule is CC(C)(C)OC(=O)NC1CCc2[nH]c3cc(Br)ccc3c2C1. The molecule has 4 nitrogen and oxygen atoms in total. The molecule has 5 heteroatoms. The number of nitrogens with one attached hydrogen (secondary N) is 2. The summed E-state index contributed by atoms with van der Waals surface area (Å²) >= 11 is 3.50. The molecule has 0 spiro atoms. The van der Waals surface area contributed by atoms with Crippen molar-refractivity contribution in [2.75, 3.05) is 0 Å². The second-order valence-electron chi connectivity index (χ2n) is 6.86. The number of hydrogen-bond donors (Lipinski definition) is 2. The number of aromatic nitrogens is 1. The molecule has 1 heterocycles. The molecule has 0 saturated carbocycles. The number of halogens is 1. The van der Waals surface area contributed by atoms with Crippen LogP contribution in [-0.2, 0) is 17.6 Å². The highest BCUT2D eigenvalue weighted by Gasteiger charge is 2.25. The standard InChI is InChI=1S/C17H21BrN2O2/c1-17(2,3)22-16(21)19-11-5-7-14-13(9-11)12-6-4-10(18)8-15(12)20-14/h4,6,8,11,20H,5,7,9H2,1-3H3,(H,19,21). The summed E-state index contributed by atoms with van der Waals surface area (Å²) in [5, 5.41) is 4.24. The van der Waals surface area contributed by atoms with E-state index in [1.807, 2.05) is 20.8 Å². The van der Waals surface area contributed by atoms with E-state index < -0.39 is 5.60 Å². The van der Waals surface area contributed by atoms with E-state index in [1.165, 1.54) is 16.6 Å². The normalized spacial score (nSPS) is 18.1. The third-order valence-electron chi connectivity index (χ3n) is 3.87. The quantitative estimate of drug-likeness (QED) is 0.791. The Bertz CT molecular complexity index is 715. The van der Waals surface area contributed by atoms with E-state index in [9.17, 15) is 4.79 Å². The molecule has 3 rings (SSSR count). The van der Waals surface area contributed by atoms with E-state index in [1.54, 1.807) is 0 Å². The van der Waals surface area contributed by atoms with Crippen molar-refractivity contribution in [1.82, 2.24) is 10.3 Å². The third-order valence-corrected chi connectivity index (χ3v) is 4.36. The van der Waals surface area contributed by atoms with Crippen molar-refractivity contribution in [3.63, 3.8) is 0 Å². The van der Waals surface area contributed by atoms with Crippen LogP contribution in [0.25, 0.3) is 10.9 Å². The number of hydrogen-bond acceptors (Lipinski definition) is 2. The van der Waals surface area contributed by atoms with Crippen molar-refractivity contribution in [3.05, 3.63) is 33.9 Å². The number of fused-ring (bicyclic) bond motifs is 3. The summed E-state index contributed by atoms with van der Waals surface area (Å²) in [6, 6.07) is 6.42. The number of aromatic amines is 1. The number of carbonyl (C=O) groups is 1. The van der Waals surface area contributed by atoms with Crippen LogP contribution < -0.4 is 5.32 Å². The Labute approximate surface area is 138 Å². The highest BCUT2D eigenvalue weighted by molar-refractivity contribution is 9.10. The molecule has 1 aromatic heterocycles. The van der Waals surface area contributed by atoms with E-state index in [4.69, 9.17) is 4.74 Å². The van der Waals surface area contributed by atoms with E-state index in [0.29, 0.717) is 0 Å². The summed E-state index contributed by atoms with van der Waals surface area (Å²) in [5.41, 5.74) is 3.29. The highest BCUT2D eigenvalue weighted by atomic mass is 79.9. The molecule has 118 valence electrons. The average molecular weight is 365 g/mol. The van der Waals surface area contributed by atoms with Gasteiger partial charge < -0.3 is 15.0 Å². The zero-order valence-corrected chi connectivity index (χ0v) is 14.7. The van der Waals surface area contributed by atoms with Crippen LogP contribution in [0.5, 0.6) is 0 Å². The molecule has 1 amide bonds. The Morgan fingerprint density at radius 2 is 2.18 bits per heavy atom. The maximum atomic E-state index is 11.9. The molecule has 0 radical (unpaired) electrons. The van der Waals surface area contributed by atoms with Crippen molar-refractivity contribution in [3.8, 4) is 0 Å². The van der Waals surface area contributed by atoms with Crippen molar-refractivity contribution < 1.29 is 9.53 Å². The maximum Gasteiger partial charge on any atom is 0.407 e. The number of ether oxygens (including phenoxy) is 1. The minimum atomic E-state index is -0.461. The predicted octanol–water partition coefficient (Wildman–Crippen LogP) is 4.31. The monoisotopic (exact) mass is 364 g/mol. The summed E-state index contributed by atoms with van der Waals surface area (Å²) in [7, 11) is 0. The summed E-state index contributed by atoms with van der Waals surface area (Å²) in [6.45, 7) is 5.63. The van der Waals surface area contributed by atoms with Gasteiger partial charge in [-0.3, -0.25) is 0 Å². The third kappa shape index (κ3) is 3.29. The van der Waals surface area contributed by atoms with Gasteiger partial charge in [-0.25, -0.2) is 4.79 Å². The fourth-order valence-corrected chi connectivity index (χ4v) is 3.36. The number of amides is 1. The van der Waals surface area contributed by atoms with Crippen LogP contribution in [0.1, 0.15) is 38.4 Å². The molecule has 1 aromatic carbocycles. The fourth-order valence-electron chi connectivity index (χ4n) is 2.99. The van der Waals surface area contributed by atoms with Crippen LogP contribution in [0.4, 0.5) is 4.79 Å². The zero-order chi connectivity index (χ0) is 15.9. The van der Waals surface area contributed by atoms with E-state index >= 15 is 0 Å². The van der Waals surface area contributed by atoms with Crippen LogP contribution >= 0.6 is 15.9 Å². The molecule has 1 aliphatic carbocycles. The van der Waals surface area contributed by atoms with Gasteiger partial charge in [0.15, 0.2) is 0 Å². The van der Waals surface area contributed by atoms with Crippen LogP contribution in [0.3, 0.4) is 0 Å². The largest absolute Gasteiger partial charge is 0.444 e.